The number of hydrogen-bond acceptors (Lipinski definition) is 3. The molecule has 0 amide bonds. The summed E-state index contributed by atoms with van der Waals surface area (Å²) in [7, 11) is 0. The first-order chi connectivity index (χ1) is 11.8. The van der Waals surface area contributed by atoms with E-state index in [0.717, 1.165) is 11.1 Å². The van der Waals surface area contributed by atoms with E-state index in [9.17, 15) is 10.1 Å². The first-order valence-electron chi connectivity index (χ1n) is 8.10. The van der Waals surface area contributed by atoms with Crippen LogP contribution in [-0.4, -0.2) is 10.0 Å². The van der Waals surface area contributed by atoms with E-state index < -0.39 is 4.92 Å². The largest absolute Gasteiger partial charge is 0.359 e. The third-order valence-electron chi connectivity index (χ3n) is 3.87. The van der Waals surface area contributed by atoms with Gasteiger partial charge in [0.1, 0.15) is 0 Å². The third kappa shape index (κ3) is 5.83. The summed E-state index contributed by atoms with van der Waals surface area (Å²) in [5.74, 6) is 0. The van der Waals surface area contributed by atoms with Crippen LogP contribution < -0.4 is 10.6 Å². The van der Waals surface area contributed by atoms with Gasteiger partial charge in [0.15, 0.2) is 5.11 Å². The number of nitrogens with one attached hydrogen (secondary N) is 2. The zero-order chi connectivity index (χ0) is 18.4. The highest BCUT2D eigenvalue weighted by Crippen LogP contribution is 2.22. The Kier molecular flexibility index (Phi) is 6.09. The van der Waals surface area contributed by atoms with Crippen LogP contribution in [0.1, 0.15) is 37.5 Å². The average molecular weight is 357 g/mol. The molecule has 0 aliphatic carbocycles. The molecule has 0 atom stereocenters. The lowest BCUT2D eigenvalue weighted by atomic mass is 9.87. The summed E-state index contributed by atoms with van der Waals surface area (Å²) < 4.78 is 0. The molecule has 0 spiro atoms. The Morgan fingerprint density at radius 1 is 0.960 bits per heavy atom. The molecule has 0 unspecified atom stereocenters. The second-order valence-corrected chi connectivity index (χ2v) is 7.31. The van der Waals surface area contributed by atoms with Gasteiger partial charge >= 0.3 is 0 Å². The number of nitrogens with zero attached hydrogens (tertiary/aromatic N) is 1. The first kappa shape index (κ1) is 18.9. The Morgan fingerprint density at radius 3 is 1.80 bits per heavy atom. The molecule has 2 aromatic carbocycles. The molecule has 0 fully saturated rings. The maximum atomic E-state index is 10.6. The number of nitro groups is 1. The molecule has 2 N–H and O–H groups in total. The van der Waals surface area contributed by atoms with Crippen molar-refractivity contribution in [2.24, 2.45) is 0 Å². The molecular weight excluding hydrogens is 334 g/mol. The monoisotopic (exact) mass is 357 g/mol. The number of benzene rings is 2. The van der Waals surface area contributed by atoms with Gasteiger partial charge in [0, 0.05) is 25.2 Å². The SMILES string of the molecule is CC(C)(C)c1ccc(CNC(=S)NCc2ccc([N+](=O)[O-])cc2)cc1. The molecule has 0 bridgehead atoms. The zero-order valence-corrected chi connectivity index (χ0v) is 15.5. The topological polar surface area (TPSA) is 67.2 Å². The molecular formula is C19H23N3O2S. The minimum atomic E-state index is -0.408. The number of rotatable bonds is 5. The van der Waals surface area contributed by atoms with E-state index in [2.05, 4.69) is 55.7 Å². The van der Waals surface area contributed by atoms with Gasteiger partial charge in [0.25, 0.3) is 5.69 Å². The fraction of sp³-hybridized carbons (Fsp3) is 0.316. The summed E-state index contributed by atoms with van der Waals surface area (Å²) in [4.78, 5) is 10.2. The van der Waals surface area contributed by atoms with E-state index in [0.29, 0.717) is 18.2 Å². The van der Waals surface area contributed by atoms with E-state index in [-0.39, 0.29) is 11.1 Å². The smallest absolute Gasteiger partial charge is 0.269 e. The van der Waals surface area contributed by atoms with E-state index in [1.807, 2.05) is 0 Å². The van der Waals surface area contributed by atoms with Gasteiger partial charge in [0.05, 0.1) is 4.92 Å². The lowest BCUT2D eigenvalue weighted by Gasteiger charge is -2.19. The van der Waals surface area contributed by atoms with Crippen LogP contribution >= 0.6 is 12.2 Å². The van der Waals surface area contributed by atoms with Crippen molar-refractivity contribution in [3.05, 3.63) is 75.3 Å². The fourth-order valence-corrected chi connectivity index (χ4v) is 2.43. The molecule has 0 radical (unpaired) electrons. The second kappa shape index (κ2) is 8.07. The average Bonchev–Trinajstić information content (AvgIpc) is 2.58. The molecule has 132 valence electrons. The molecule has 25 heavy (non-hydrogen) atoms. The highest BCUT2D eigenvalue weighted by molar-refractivity contribution is 7.80. The molecule has 0 aromatic heterocycles. The number of non-ortho nitro benzene ring substituents is 1. The van der Waals surface area contributed by atoms with E-state index in [4.69, 9.17) is 12.2 Å². The van der Waals surface area contributed by atoms with Crippen LogP contribution in [-0.2, 0) is 18.5 Å². The fourth-order valence-electron chi connectivity index (χ4n) is 2.29. The number of hydrogen-bond donors (Lipinski definition) is 2. The summed E-state index contributed by atoms with van der Waals surface area (Å²) in [6.07, 6.45) is 0. The Hall–Kier alpha value is -2.47. The normalized spacial score (nSPS) is 11.0. The van der Waals surface area contributed by atoms with Crippen LogP contribution in [0.4, 0.5) is 5.69 Å². The van der Waals surface area contributed by atoms with Crippen molar-refractivity contribution in [1.29, 1.82) is 0 Å². The van der Waals surface area contributed by atoms with Crippen molar-refractivity contribution in [3.63, 3.8) is 0 Å². The van der Waals surface area contributed by atoms with Gasteiger partial charge in [0.2, 0.25) is 0 Å². The van der Waals surface area contributed by atoms with Crippen LogP contribution in [0.15, 0.2) is 48.5 Å². The van der Waals surface area contributed by atoms with Gasteiger partial charge < -0.3 is 10.6 Å². The van der Waals surface area contributed by atoms with Crippen LogP contribution in [0, 0.1) is 10.1 Å². The molecule has 0 aliphatic rings. The maximum Gasteiger partial charge on any atom is 0.269 e. The molecule has 2 rings (SSSR count). The molecule has 0 aliphatic heterocycles. The van der Waals surface area contributed by atoms with Crippen molar-refractivity contribution < 1.29 is 4.92 Å². The summed E-state index contributed by atoms with van der Waals surface area (Å²) in [6, 6.07) is 14.9. The zero-order valence-electron chi connectivity index (χ0n) is 14.7. The van der Waals surface area contributed by atoms with Crippen molar-refractivity contribution in [3.8, 4) is 0 Å². The predicted molar refractivity (Wildman–Crippen MR) is 105 cm³/mol. The van der Waals surface area contributed by atoms with Crippen LogP contribution in [0.3, 0.4) is 0 Å². The van der Waals surface area contributed by atoms with Crippen molar-refractivity contribution in [2.45, 2.75) is 39.3 Å². The quantitative estimate of drug-likeness (QED) is 0.480. The van der Waals surface area contributed by atoms with Gasteiger partial charge in [-0.2, -0.15) is 0 Å². The van der Waals surface area contributed by atoms with Gasteiger partial charge in [-0.15, -0.1) is 0 Å². The highest BCUT2D eigenvalue weighted by Gasteiger charge is 2.12. The van der Waals surface area contributed by atoms with E-state index >= 15 is 0 Å². The summed E-state index contributed by atoms with van der Waals surface area (Å²) in [5, 5.41) is 17.5. The highest BCUT2D eigenvalue weighted by atomic mass is 32.1. The van der Waals surface area contributed by atoms with Crippen molar-refractivity contribution >= 4 is 23.0 Å². The number of thiocarbonyl (C=S) groups is 1. The maximum absolute atomic E-state index is 10.6. The molecule has 2 aromatic rings. The first-order valence-corrected chi connectivity index (χ1v) is 8.51. The lowest BCUT2D eigenvalue weighted by Crippen LogP contribution is -2.34. The van der Waals surface area contributed by atoms with Gasteiger partial charge in [-0.3, -0.25) is 10.1 Å². The van der Waals surface area contributed by atoms with E-state index in [1.54, 1.807) is 12.1 Å². The Balaban J connectivity index is 1.79. The standard InChI is InChI=1S/C19H23N3O2S/c1-19(2,3)16-8-4-14(5-9-16)12-20-18(25)21-13-15-6-10-17(11-7-15)22(23)24/h4-11H,12-13H2,1-3H3,(H2,20,21,25). The third-order valence-corrected chi connectivity index (χ3v) is 4.16. The van der Waals surface area contributed by atoms with Crippen LogP contribution in [0.5, 0.6) is 0 Å². The van der Waals surface area contributed by atoms with Crippen LogP contribution in [0.25, 0.3) is 0 Å². The van der Waals surface area contributed by atoms with Crippen LogP contribution in [0.2, 0.25) is 0 Å². The van der Waals surface area contributed by atoms with Crippen molar-refractivity contribution in [2.75, 3.05) is 0 Å². The summed E-state index contributed by atoms with van der Waals surface area (Å²) in [5.41, 5.74) is 3.63. The van der Waals surface area contributed by atoms with Gasteiger partial charge in [-0.05, 0) is 34.3 Å². The molecule has 0 saturated heterocycles. The molecule has 0 heterocycles. The minimum absolute atomic E-state index is 0.0863. The molecule has 6 heteroatoms. The molecule has 5 nitrogen and oxygen atoms in total. The van der Waals surface area contributed by atoms with Gasteiger partial charge in [-0.25, -0.2) is 0 Å². The van der Waals surface area contributed by atoms with E-state index in [1.165, 1.54) is 17.7 Å². The minimum Gasteiger partial charge on any atom is -0.359 e. The van der Waals surface area contributed by atoms with Crippen molar-refractivity contribution in [1.82, 2.24) is 10.6 Å². The Labute approximate surface area is 153 Å². The number of nitro benzene ring substituents is 1. The summed E-state index contributed by atoms with van der Waals surface area (Å²) in [6.45, 7) is 7.75. The predicted octanol–water partition coefficient (Wildman–Crippen LogP) is 4.06. The lowest BCUT2D eigenvalue weighted by molar-refractivity contribution is -0.384. The van der Waals surface area contributed by atoms with Gasteiger partial charge in [-0.1, -0.05) is 57.2 Å². The second-order valence-electron chi connectivity index (χ2n) is 6.91. The Bertz CT molecular complexity index is 735. The molecule has 0 saturated carbocycles. The Morgan fingerprint density at radius 2 is 1.40 bits per heavy atom. The summed E-state index contributed by atoms with van der Waals surface area (Å²) >= 11 is 5.27.